The molecule has 1 rings (SSSR count). The second-order valence-corrected chi connectivity index (χ2v) is 6.15. The van der Waals surface area contributed by atoms with Crippen LogP contribution in [0.5, 0.6) is 0 Å². The van der Waals surface area contributed by atoms with E-state index in [1.807, 2.05) is 0 Å². The fourth-order valence-corrected chi connectivity index (χ4v) is 2.76. The lowest BCUT2D eigenvalue weighted by Gasteiger charge is -2.11. The van der Waals surface area contributed by atoms with Crippen molar-refractivity contribution in [2.75, 3.05) is 12.9 Å². The normalized spacial score (nSPS) is 13.0. The van der Waals surface area contributed by atoms with E-state index in [9.17, 15) is 26.4 Å². The van der Waals surface area contributed by atoms with Gasteiger partial charge in [-0.05, 0) is 13.0 Å². The molecular formula is C12H14F3NO4S. The summed E-state index contributed by atoms with van der Waals surface area (Å²) in [6.45, 7) is 1.48. The molecule has 0 saturated carbocycles. The number of halogens is 3. The van der Waals surface area contributed by atoms with Gasteiger partial charge >= 0.3 is 0 Å². The summed E-state index contributed by atoms with van der Waals surface area (Å²) in [5.41, 5.74) is -0.443. The van der Waals surface area contributed by atoms with E-state index < -0.39 is 57.2 Å². The molecule has 118 valence electrons. The monoisotopic (exact) mass is 325 g/mol. The smallest absolute Gasteiger partial charge is 0.237 e. The number of carbonyl (C=O) groups is 1. The maximum atomic E-state index is 13.3. The number of amides is 1. The largest absolute Gasteiger partial charge is 0.381 e. The second-order valence-electron chi connectivity index (χ2n) is 4.39. The van der Waals surface area contributed by atoms with Crippen molar-refractivity contribution in [3.05, 3.63) is 35.1 Å². The van der Waals surface area contributed by atoms with Crippen molar-refractivity contribution >= 4 is 15.9 Å². The third kappa shape index (κ3) is 5.35. The molecule has 0 radical (unpaired) electrons. The number of hydrogen-bond acceptors (Lipinski definition) is 4. The van der Waals surface area contributed by atoms with E-state index >= 15 is 0 Å². The Kier molecular flexibility index (Phi) is 5.73. The highest BCUT2D eigenvalue weighted by Crippen LogP contribution is 2.14. The number of rotatable bonds is 6. The van der Waals surface area contributed by atoms with Gasteiger partial charge < -0.3 is 4.74 Å². The number of hydrogen-bond donors (Lipinski definition) is 1. The topological polar surface area (TPSA) is 72.5 Å². The van der Waals surface area contributed by atoms with E-state index in [2.05, 4.69) is 0 Å². The van der Waals surface area contributed by atoms with Gasteiger partial charge in [0.1, 0.15) is 5.82 Å². The van der Waals surface area contributed by atoms with Gasteiger partial charge in [0.25, 0.3) is 0 Å². The Morgan fingerprint density at radius 2 is 1.81 bits per heavy atom. The number of benzene rings is 1. The number of sulfonamides is 1. The molecule has 0 heterocycles. The summed E-state index contributed by atoms with van der Waals surface area (Å²) in [5.74, 6) is -5.36. The molecule has 0 aromatic heterocycles. The zero-order chi connectivity index (χ0) is 16.2. The predicted octanol–water partition coefficient (Wildman–Crippen LogP) is 1.13. The van der Waals surface area contributed by atoms with Crippen LogP contribution in [-0.2, 0) is 26.0 Å². The van der Waals surface area contributed by atoms with E-state index in [0.717, 1.165) is 0 Å². The van der Waals surface area contributed by atoms with Crippen LogP contribution in [0.2, 0.25) is 0 Å². The second kappa shape index (κ2) is 6.90. The zero-order valence-corrected chi connectivity index (χ0v) is 12.1. The molecule has 1 atom stereocenters. The van der Waals surface area contributed by atoms with Crippen LogP contribution in [0.25, 0.3) is 0 Å². The highest BCUT2D eigenvalue weighted by Gasteiger charge is 2.20. The van der Waals surface area contributed by atoms with Crippen LogP contribution in [0.15, 0.2) is 12.1 Å². The first kappa shape index (κ1) is 17.4. The summed E-state index contributed by atoms with van der Waals surface area (Å²) in [7, 11) is -2.65. The molecule has 0 saturated heterocycles. The average molecular weight is 325 g/mol. The summed E-state index contributed by atoms with van der Waals surface area (Å²) in [5, 5.41) is 0. The molecular weight excluding hydrogens is 311 g/mol. The Balaban J connectivity index is 2.77. The lowest BCUT2D eigenvalue weighted by atomic mass is 10.1. The minimum absolute atomic E-state index is 0.291. The molecule has 1 aromatic rings. The van der Waals surface area contributed by atoms with Crippen LogP contribution in [0, 0.1) is 17.5 Å². The van der Waals surface area contributed by atoms with E-state index in [4.69, 9.17) is 4.74 Å². The summed E-state index contributed by atoms with van der Waals surface area (Å²) in [6, 6.07) is 0.800. The molecule has 0 spiro atoms. The van der Waals surface area contributed by atoms with Crippen LogP contribution in [-0.4, -0.2) is 33.3 Å². The Bertz CT molecular complexity index is 634. The molecule has 1 N–H and O–H groups in total. The summed E-state index contributed by atoms with van der Waals surface area (Å²) in [4.78, 5) is 11.5. The van der Waals surface area contributed by atoms with E-state index in [0.29, 0.717) is 12.1 Å². The highest BCUT2D eigenvalue weighted by atomic mass is 32.2. The molecule has 0 aliphatic rings. The summed E-state index contributed by atoms with van der Waals surface area (Å²) < 4.78 is 68.6. The maximum Gasteiger partial charge on any atom is 0.237 e. The number of methoxy groups -OCH3 is 1. The molecule has 1 aromatic carbocycles. The van der Waals surface area contributed by atoms with Gasteiger partial charge in [0.2, 0.25) is 15.9 Å². The van der Waals surface area contributed by atoms with Gasteiger partial charge in [-0.25, -0.2) is 21.6 Å². The first-order valence-corrected chi connectivity index (χ1v) is 7.49. The van der Waals surface area contributed by atoms with E-state index in [1.165, 1.54) is 14.0 Å². The maximum absolute atomic E-state index is 13.3. The lowest BCUT2D eigenvalue weighted by molar-refractivity contribution is -0.118. The first-order valence-electron chi connectivity index (χ1n) is 5.84. The summed E-state index contributed by atoms with van der Waals surface area (Å²) >= 11 is 0. The molecule has 9 heteroatoms. The quantitative estimate of drug-likeness (QED) is 0.796. The minimum atomic E-state index is -3.96. The van der Waals surface area contributed by atoms with Crippen LogP contribution < -0.4 is 4.72 Å². The van der Waals surface area contributed by atoms with E-state index in [1.54, 1.807) is 4.72 Å². The molecule has 1 unspecified atom stereocenters. The summed E-state index contributed by atoms with van der Waals surface area (Å²) in [6.07, 6.45) is -1.38. The Hall–Kier alpha value is -1.61. The molecule has 0 fully saturated rings. The van der Waals surface area contributed by atoms with Crippen molar-refractivity contribution in [3.63, 3.8) is 0 Å². The lowest BCUT2D eigenvalue weighted by Crippen LogP contribution is -2.37. The molecule has 1 amide bonds. The first-order chi connectivity index (χ1) is 9.64. The van der Waals surface area contributed by atoms with Gasteiger partial charge in [0.05, 0.1) is 18.3 Å². The van der Waals surface area contributed by atoms with Crippen molar-refractivity contribution in [2.45, 2.75) is 19.4 Å². The van der Waals surface area contributed by atoms with Gasteiger partial charge in [-0.3, -0.25) is 9.52 Å². The zero-order valence-electron chi connectivity index (χ0n) is 11.3. The fourth-order valence-electron chi connectivity index (χ4n) is 1.50. The van der Waals surface area contributed by atoms with Crippen molar-refractivity contribution in [1.29, 1.82) is 0 Å². The van der Waals surface area contributed by atoms with Crippen LogP contribution >= 0.6 is 0 Å². The molecule has 0 bridgehead atoms. The highest BCUT2D eigenvalue weighted by molar-refractivity contribution is 7.90. The Morgan fingerprint density at radius 3 is 2.38 bits per heavy atom. The van der Waals surface area contributed by atoms with Crippen molar-refractivity contribution in [2.24, 2.45) is 0 Å². The van der Waals surface area contributed by atoms with Crippen molar-refractivity contribution in [3.8, 4) is 0 Å². The van der Waals surface area contributed by atoms with Crippen molar-refractivity contribution < 1.29 is 31.1 Å². The van der Waals surface area contributed by atoms with Gasteiger partial charge in [-0.1, -0.05) is 0 Å². The van der Waals surface area contributed by atoms with Gasteiger partial charge in [0.15, 0.2) is 11.6 Å². The molecule has 21 heavy (non-hydrogen) atoms. The number of ether oxygens (including phenoxy) is 1. The van der Waals surface area contributed by atoms with Crippen LogP contribution in [0.3, 0.4) is 0 Å². The molecule has 0 aliphatic heterocycles. The number of carbonyl (C=O) groups excluding carboxylic acids is 1. The van der Waals surface area contributed by atoms with Crippen LogP contribution in [0.1, 0.15) is 12.5 Å². The Labute approximate surface area is 120 Å². The minimum Gasteiger partial charge on any atom is -0.381 e. The third-order valence-corrected chi connectivity index (χ3v) is 4.01. The van der Waals surface area contributed by atoms with E-state index in [-0.39, 0.29) is 0 Å². The average Bonchev–Trinajstić information content (AvgIpc) is 2.34. The Morgan fingerprint density at radius 1 is 1.24 bits per heavy atom. The van der Waals surface area contributed by atoms with Gasteiger partial charge in [-0.15, -0.1) is 0 Å². The molecule has 0 aliphatic carbocycles. The predicted molar refractivity (Wildman–Crippen MR) is 68.4 cm³/mol. The van der Waals surface area contributed by atoms with Gasteiger partial charge in [0, 0.05) is 18.7 Å². The fraction of sp³-hybridized carbons (Fsp3) is 0.417. The third-order valence-electron chi connectivity index (χ3n) is 2.57. The van der Waals surface area contributed by atoms with Crippen LogP contribution in [0.4, 0.5) is 13.2 Å². The van der Waals surface area contributed by atoms with Gasteiger partial charge in [-0.2, -0.15) is 0 Å². The molecule has 5 nitrogen and oxygen atoms in total. The SMILES string of the molecule is COC(C)CS(=O)(=O)NC(=O)Cc1cc(F)c(F)cc1F. The van der Waals surface area contributed by atoms with Crippen molar-refractivity contribution in [1.82, 2.24) is 4.72 Å². The standard InChI is InChI=1S/C12H14F3NO4S/c1-7(20-2)6-21(18,19)16-12(17)4-8-3-10(14)11(15)5-9(8)13/h3,5,7H,4,6H2,1-2H3,(H,16,17). The number of nitrogens with one attached hydrogen (secondary N) is 1.